The largest absolute Gasteiger partial charge is 0.378 e. The van der Waals surface area contributed by atoms with Crippen molar-refractivity contribution in [3.05, 3.63) is 46.3 Å². The molecule has 2 aromatic rings. The van der Waals surface area contributed by atoms with E-state index in [-0.39, 0.29) is 10.3 Å². The Labute approximate surface area is 176 Å². The number of likely N-dealkylation sites (N-methyl/N-ethyl adjacent to an activating group) is 1. The molecule has 1 fully saturated rings. The highest BCUT2D eigenvalue weighted by Crippen LogP contribution is 2.27. The molecule has 1 aromatic carbocycles. The summed E-state index contributed by atoms with van der Waals surface area (Å²) >= 11 is 6.98. The van der Waals surface area contributed by atoms with E-state index < -0.39 is 10.0 Å². The number of rotatable bonds is 7. The van der Waals surface area contributed by atoms with E-state index in [0.717, 1.165) is 48.8 Å². The van der Waals surface area contributed by atoms with Crippen LogP contribution in [0.1, 0.15) is 11.6 Å². The Morgan fingerprint density at radius 3 is 2.29 bits per heavy atom. The molecule has 1 aliphatic heterocycles. The van der Waals surface area contributed by atoms with Gasteiger partial charge in [0.15, 0.2) is 0 Å². The number of hydrogen-bond acceptors (Lipinski definition) is 6. The van der Waals surface area contributed by atoms with Crippen molar-refractivity contribution in [1.82, 2.24) is 14.5 Å². The first kappa shape index (κ1) is 21.5. The predicted molar refractivity (Wildman–Crippen MR) is 117 cm³/mol. The first-order chi connectivity index (χ1) is 13.3. The van der Waals surface area contributed by atoms with Crippen LogP contribution >= 0.6 is 22.9 Å². The van der Waals surface area contributed by atoms with E-state index in [2.05, 4.69) is 50.7 Å². The van der Waals surface area contributed by atoms with Crippen LogP contribution in [-0.2, 0) is 10.0 Å². The summed E-state index contributed by atoms with van der Waals surface area (Å²) in [6, 6.07) is 11.5. The Hall–Kier alpha value is -1.16. The number of sulfonamides is 1. The van der Waals surface area contributed by atoms with Gasteiger partial charge in [-0.2, -0.15) is 0 Å². The smallest absolute Gasteiger partial charge is 0.250 e. The lowest BCUT2D eigenvalue weighted by molar-refractivity contribution is 0.113. The zero-order valence-electron chi connectivity index (χ0n) is 16.4. The minimum atomic E-state index is -3.57. The number of hydrogen-bond donors (Lipinski definition) is 1. The number of piperazine rings is 1. The lowest BCUT2D eigenvalue weighted by atomic mass is 10.0. The van der Waals surface area contributed by atoms with E-state index >= 15 is 0 Å². The quantitative estimate of drug-likeness (QED) is 0.714. The highest BCUT2D eigenvalue weighted by atomic mass is 35.5. The molecule has 1 aromatic heterocycles. The average molecular weight is 443 g/mol. The maximum absolute atomic E-state index is 12.7. The number of nitrogens with zero attached hydrogens (tertiary/aromatic N) is 3. The zero-order valence-corrected chi connectivity index (χ0v) is 18.8. The molecule has 9 heteroatoms. The van der Waals surface area contributed by atoms with E-state index in [1.165, 1.54) is 0 Å². The summed E-state index contributed by atoms with van der Waals surface area (Å²) in [6.07, 6.45) is 0. The van der Waals surface area contributed by atoms with Crippen molar-refractivity contribution in [2.45, 2.75) is 10.3 Å². The highest BCUT2D eigenvalue weighted by Gasteiger charge is 2.26. The van der Waals surface area contributed by atoms with Crippen molar-refractivity contribution in [2.75, 3.05) is 58.8 Å². The first-order valence-corrected chi connectivity index (χ1v) is 11.9. The van der Waals surface area contributed by atoms with Crippen molar-refractivity contribution >= 4 is 38.6 Å². The fourth-order valence-electron chi connectivity index (χ4n) is 3.29. The van der Waals surface area contributed by atoms with Crippen LogP contribution in [0.25, 0.3) is 0 Å². The van der Waals surface area contributed by atoms with Gasteiger partial charge in [0.2, 0.25) is 10.0 Å². The summed E-state index contributed by atoms with van der Waals surface area (Å²) in [4.78, 5) is 6.70. The number of nitrogens with one attached hydrogen (secondary N) is 1. The van der Waals surface area contributed by atoms with Crippen molar-refractivity contribution in [3.63, 3.8) is 0 Å². The monoisotopic (exact) mass is 442 g/mol. The molecular formula is C19H27ClN4O2S2. The van der Waals surface area contributed by atoms with Gasteiger partial charge in [-0.25, -0.2) is 13.1 Å². The number of thiophene rings is 1. The third-order valence-electron chi connectivity index (χ3n) is 5.05. The molecule has 0 unspecified atom stereocenters. The van der Waals surface area contributed by atoms with Crippen LogP contribution < -0.4 is 9.62 Å². The molecule has 6 nitrogen and oxygen atoms in total. The molecular weight excluding hydrogens is 416 g/mol. The maximum atomic E-state index is 12.7. The van der Waals surface area contributed by atoms with Crippen LogP contribution in [0, 0.1) is 0 Å². The fourth-order valence-corrected chi connectivity index (χ4v) is 5.85. The summed E-state index contributed by atoms with van der Waals surface area (Å²) in [7, 11) is 2.55. The average Bonchev–Trinajstić information content (AvgIpc) is 3.11. The van der Waals surface area contributed by atoms with Gasteiger partial charge in [-0.05, 0) is 36.9 Å². The van der Waals surface area contributed by atoms with E-state index in [9.17, 15) is 8.42 Å². The summed E-state index contributed by atoms with van der Waals surface area (Å²) in [5, 5.41) is 0. The molecule has 1 atom stereocenters. The molecule has 1 N–H and O–H groups in total. The topological polar surface area (TPSA) is 55.9 Å². The lowest BCUT2D eigenvalue weighted by Crippen LogP contribution is -2.48. The lowest BCUT2D eigenvalue weighted by Gasteiger charge is -2.38. The van der Waals surface area contributed by atoms with Crippen LogP contribution in [0.5, 0.6) is 0 Å². The van der Waals surface area contributed by atoms with E-state index in [1.54, 1.807) is 12.1 Å². The molecule has 0 amide bonds. The normalized spacial score (nSPS) is 17.6. The number of benzene rings is 1. The highest BCUT2D eigenvalue weighted by molar-refractivity contribution is 7.91. The molecule has 154 valence electrons. The SMILES string of the molecule is CN1CCN([C@H](CNS(=O)(=O)c2ccc(Cl)s2)c2ccc(N(C)C)cc2)CC1. The first-order valence-electron chi connectivity index (χ1n) is 9.21. The fraction of sp³-hybridized carbons (Fsp3) is 0.474. The maximum Gasteiger partial charge on any atom is 0.250 e. The molecule has 2 heterocycles. The number of halogens is 1. The minimum absolute atomic E-state index is 0.0184. The van der Waals surface area contributed by atoms with Crippen LogP contribution in [0.2, 0.25) is 4.34 Å². The van der Waals surface area contributed by atoms with Gasteiger partial charge in [-0.1, -0.05) is 23.7 Å². The van der Waals surface area contributed by atoms with E-state index in [4.69, 9.17) is 11.6 Å². The van der Waals surface area contributed by atoms with Gasteiger partial charge in [0, 0.05) is 58.5 Å². The summed E-state index contributed by atoms with van der Waals surface area (Å²) in [6.45, 7) is 4.08. The second-order valence-corrected chi connectivity index (χ2v) is 11.0. The number of anilines is 1. The van der Waals surface area contributed by atoms with Gasteiger partial charge in [0.05, 0.1) is 4.34 Å². The van der Waals surface area contributed by atoms with Crippen LogP contribution in [0.3, 0.4) is 0 Å². The second kappa shape index (κ2) is 9.11. The van der Waals surface area contributed by atoms with Crippen molar-refractivity contribution in [2.24, 2.45) is 0 Å². The van der Waals surface area contributed by atoms with Gasteiger partial charge in [0.1, 0.15) is 4.21 Å². The summed E-state index contributed by atoms with van der Waals surface area (Å²) in [5.74, 6) is 0. The van der Waals surface area contributed by atoms with Crippen LogP contribution in [-0.4, -0.2) is 72.1 Å². The Bertz CT molecular complexity index is 876. The third-order valence-corrected chi connectivity index (χ3v) is 8.20. The molecule has 0 bridgehead atoms. The molecule has 1 aliphatic rings. The van der Waals surface area contributed by atoms with Crippen molar-refractivity contribution < 1.29 is 8.42 Å². The Morgan fingerprint density at radius 1 is 1.11 bits per heavy atom. The van der Waals surface area contributed by atoms with Crippen LogP contribution in [0.15, 0.2) is 40.6 Å². The molecule has 3 rings (SSSR count). The Kier molecular flexibility index (Phi) is 7.01. The summed E-state index contributed by atoms with van der Waals surface area (Å²) < 4.78 is 28.8. The predicted octanol–water partition coefficient (Wildman–Crippen LogP) is 2.73. The van der Waals surface area contributed by atoms with Crippen molar-refractivity contribution in [3.8, 4) is 0 Å². The zero-order chi connectivity index (χ0) is 20.3. The standard InChI is InChI=1S/C19H27ClN4O2S2/c1-22(2)16-6-4-15(5-7-16)17(24-12-10-23(3)11-13-24)14-21-28(25,26)19-9-8-18(20)27-19/h4-9,17,21H,10-14H2,1-3H3/t17-/m1/s1. The van der Waals surface area contributed by atoms with Crippen LogP contribution in [0.4, 0.5) is 5.69 Å². The third kappa shape index (κ3) is 5.25. The van der Waals surface area contributed by atoms with E-state index in [0.29, 0.717) is 10.9 Å². The molecule has 0 aliphatic carbocycles. The van der Waals surface area contributed by atoms with Crippen molar-refractivity contribution in [1.29, 1.82) is 0 Å². The van der Waals surface area contributed by atoms with Gasteiger partial charge in [-0.15, -0.1) is 11.3 Å². The molecule has 0 saturated carbocycles. The van der Waals surface area contributed by atoms with Gasteiger partial charge in [-0.3, -0.25) is 4.90 Å². The second-order valence-electron chi connectivity index (χ2n) is 7.25. The molecule has 0 radical (unpaired) electrons. The molecule has 28 heavy (non-hydrogen) atoms. The van der Waals surface area contributed by atoms with Gasteiger partial charge in [0.25, 0.3) is 0 Å². The Morgan fingerprint density at radius 2 is 1.75 bits per heavy atom. The van der Waals surface area contributed by atoms with E-state index in [1.807, 2.05) is 14.1 Å². The van der Waals surface area contributed by atoms with Gasteiger partial charge >= 0.3 is 0 Å². The molecule has 0 spiro atoms. The van der Waals surface area contributed by atoms with Gasteiger partial charge < -0.3 is 9.80 Å². The molecule has 1 saturated heterocycles. The minimum Gasteiger partial charge on any atom is -0.378 e. The Balaban J connectivity index is 1.80. The summed E-state index contributed by atoms with van der Waals surface area (Å²) in [5.41, 5.74) is 2.23.